The highest BCUT2D eigenvalue weighted by atomic mass is 35.5. The molecule has 0 saturated carbocycles. The van der Waals surface area contributed by atoms with Crippen molar-refractivity contribution in [3.05, 3.63) is 44.9 Å². The van der Waals surface area contributed by atoms with Crippen LogP contribution in [0.5, 0.6) is 0 Å². The van der Waals surface area contributed by atoms with Crippen molar-refractivity contribution in [1.82, 2.24) is 4.98 Å². The average Bonchev–Trinajstić information content (AvgIpc) is 2.60. The molecule has 2 rings (SSSR count). The number of hydrogen-bond donors (Lipinski definition) is 1. The fourth-order valence-corrected chi connectivity index (χ4v) is 2.52. The number of nitrogens with one attached hydrogen (secondary N) is 1. The van der Waals surface area contributed by atoms with Gasteiger partial charge < -0.3 is 5.32 Å². The van der Waals surface area contributed by atoms with Crippen LogP contribution in [-0.2, 0) is 6.54 Å². The van der Waals surface area contributed by atoms with Gasteiger partial charge in [0.2, 0.25) is 0 Å². The predicted molar refractivity (Wildman–Crippen MR) is 70.4 cm³/mol. The van der Waals surface area contributed by atoms with Gasteiger partial charge in [-0.05, 0) is 37.1 Å². The molecule has 1 aromatic heterocycles. The minimum Gasteiger partial charge on any atom is -0.379 e. The second-order valence-electron chi connectivity index (χ2n) is 3.79. The second kappa shape index (κ2) is 4.85. The van der Waals surface area contributed by atoms with Gasteiger partial charge in [-0.25, -0.2) is 4.98 Å². The zero-order valence-electron chi connectivity index (χ0n) is 9.25. The van der Waals surface area contributed by atoms with E-state index in [4.69, 9.17) is 11.6 Å². The Morgan fingerprint density at radius 2 is 1.94 bits per heavy atom. The fraction of sp³-hybridized carbons (Fsp3) is 0.250. The van der Waals surface area contributed by atoms with E-state index in [-0.39, 0.29) is 0 Å². The van der Waals surface area contributed by atoms with Crippen molar-refractivity contribution < 1.29 is 0 Å². The first-order valence-corrected chi connectivity index (χ1v) is 6.25. The Morgan fingerprint density at radius 3 is 2.50 bits per heavy atom. The van der Waals surface area contributed by atoms with Gasteiger partial charge in [0, 0.05) is 5.69 Å². The Labute approximate surface area is 104 Å². The topological polar surface area (TPSA) is 24.9 Å². The lowest BCUT2D eigenvalue weighted by Gasteiger charge is -2.06. The number of benzene rings is 1. The molecule has 2 aromatic rings. The predicted octanol–water partition coefficient (Wildman–Crippen LogP) is 4.03. The Hall–Kier alpha value is -1.06. The Morgan fingerprint density at radius 1 is 1.25 bits per heavy atom. The highest BCUT2D eigenvalue weighted by Crippen LogP contribution is 2.20. The maximum absolute atomic E-state index is 5.82. The van der Waals surface area contributed by atoms with Gasteiger partial charge >= 0.3 is 0 Å². The molecule has 84 valence electrons. The molecule has 0 unspecified atom stereocenters. The molecule has 2 nitrogen and oxygen atoms in total. The third kappa shape index (κ3) is 2.97. The molecule has 16 heavy (non-hydrogen) atoms. The number of aryl methyl sites for hydroxylation is 2. The summed E-state index contributed by atoms with van der Waals surface area (Å²) in [6.07, 6.45) is 1.69. The zero-order valence-corrected chi connectivity index (χ0v) is 10.8. The summed E-state index contributed by atoms with van der Waals surface area (Å²) in [7, 11) is 0. The third-order valence-corrected chi connectivity index (χ3v) is 3.31. The number of halogens is 1. The summed E-state index contributed by atoms with van der Waals surface area (Å²) in [5.41, 5.74) is 3.66. The molecule has 0 amide bonds. The molecule has 0 aliphatic rings. The molecular weight excluding hydrogens is 240 g/mol. The van der Waals surface area contributed by atoms with Crippen LogP contribution in [0, 0.1) is 13.8 Å². The van der Waals surface area contributed by atoms with E-state index in [1.807, 2.05) is 0 Å². The summed E-state index contributed by atoms with van der Waals surface area (Å²) < 4.78 is 0.734. The van der Waals surface area contributed by atoms with E-state index in [1.54, 1.807) is 6.20 Å². The Bertz CT molecular complexity index is 473. The van der Waals surface area contributed by atoms with Crippen LogP contribution in [0.4, 0.5) is 5.69 Å². The van der Waals surface area contributed by atoms with Crippen LogP contribution >= 0.6 is 22.9 Å². The van der Waals surface area contributed by atoms with Crippen LogP contribution < -0.4 is 5.32 Å². The molecule has 0 radical (unpaired) electrons. The standard InChI is InChI=1S/C12H13ClN2S/c1-8-3-9(2)5-10(4-8)14-7-12-15-6-11(13)16-12/h3-6,14H,7H2,1-2H3. The molecule has 1 heterocycles. The largest absolute Gasteiger partial charge is 0.379 e. The van der Waals surface area contributed by atoms with Crippen LogP contribution in [0.25, 0.3) is 0 Å². The summed E-state index contributed by atoms with van der Waals surface area (Å²) in [6.45, 7) is 4.91. The van der Waals surface area contributed by atoms with E-state index in [0.717, 1.165) is 21.6 Å². The van der Waals surface area contributed by atoms with Crippen molar-refractivity contribution >= 4 is 28.6 Å². The highest BCUT2D eigenvalue weighted by molar-refractivity contribution is 7.15. The fourth-order valence-electron chi connectivity index (χ4n) is 1.62. The molecule has 1 N–H and O–H groups in total. The van der Waals surface area contributed by atoms with Crippen molar-refractivity contribution in [2.45, 2.75) is 20.4 Å². The molecule has 0 saturated heterocycles. The normalized spacial score (nSPS) is 10.4. The number of anilines is 1. The molecular formula is C12H13ClN2S. The first-order valence-electron chi connectivity index (χ1n) is 5.06. The zero-order chi connectivity index (χ0) is 11.5. The SMILES string of the molecule is Cc1cc(C)cc(NCc2ncc(Cl)s2)c1. The number of rotatable bonds is 3. The van der Waals surface area contributed by atoms with Gasteiger partial charge in [0.25, 0.3) is 0 Å². The van der Waals surface area contributed by atoms with Crippen LogP contribution in [0.2, 0.25) is 4.34 Å². The van der Waals surface area contributed by atoms with E-state index >= 15 is 0 Å². The quantitative estimate of drug-likeness (QED) is 0.892. The molecule has 1 aromatic carbocycles. The second-order valence-corrected chi connectivity index (χ2v) is 5.53. The van der Waals surface area contributed by atoms with Crippen LogP contribution in [0.1, 0.15) is 16.1 Å². The molecule has 0 atom stereocenters. The molecule has 0 spiro atoms. The molecule has 0 aliphatic heterocycles. The van der Waals surface area contributed by atoms with Crippen molar-refractivity contribution in [1.29, 1.82) is 0 Å². The third-order valence-electron chi connectivity index (χ3n) is 2.19. The van der Waals surface area contributed by atoms with Crippen molar-refractivity contribution in [2.24, 2.45) is 0 Å². The van der Waals surface area contributed by atoms with Gasteiger partial charge in [-0.3, -0.25) is 0 Å². The van der Waals surface area contributed by atoms with Gasteiger partial charge in [-0.1, -0.05) is 17.7 Å². The average molecular weight is 253 g/mol. The maximum atomic E-state index is 5.82. The van der Waals surface area contributed by atoms with Gasteiger partial charge in [0.15, 0.2) is 0 Å². The molecule has 4 heteroatoms. The van der Waals surface area contributed by atoms with E-state index in [0.29, 0.717) is 0 Å². The summed E-state index contributed by atoms with van der Waals surface area (Å²) in [6, 6.07) is 6.41. The summed E-state index contributed by atoms with van der Waals surface area (Å²) in [4.78, 5) is 4.20. The highest BCUT2D eigenvalue weighted by Gasteiger charge is 2.00. The van der Waals surface area contributed by atoms with Gasteiger partial charge in [0.05, 0.1) is 12.7 Å². The van der Waals surface area contributed by atoms with Crippen molar-refractivity contribution in [3.63, 3.8) is 0 Å². The lowest BCUT2D eigenvalue weighted by molar-refractivity contribution is 1.10. The van der Waals surface area contributed by atoms with Crippen LogP contribution in [0.15, 0.2) is 24.4 Å². The lowest BCUT2D eigenvalue weighted by atomic mass is 10.1. The monoisotopic (exact) mass is 252 g/mol. The first-order chi connectivity index (χ1) is 7.63. The van der Waals surface area contributed by atoms with Crippen LogP contribution in [-0.4, -0.2) is 4.98 Å². The van der Waals surface area contributed by atoms with E-state index in [1.165, 1.54) is 22.5 Å². The number of hydrogen-bond acceptors (Lipinski definition) is 3. The Kier molecular flexibility index (Phi) is 3.46. The van der Waals surface area contributed by atoms with Gasteiger partial charge in [-0.2, -0.15) is 0 Å². The van der Waals surface area contributed by atoms with Crippen molar-refractivity contribution in [2.75, 3.05) is 5.32 Å². The number of nitrogens with zero attached hydrogens (tertiary/aromatic N) is 1. The minimum absolute atomic E-state index is 0.722. The summed E-state index contributed by atoms with van der Waals surface area (Å²) in [5, 5.41) is 4.35. The smallest absolute Gasteiger partial charge is 0.113 e. The first kappa shape index (κ1) is 11.4. The van der Waals surface area contributed by atoms with Crippen molar-refractivity contribution in [3.8, 4) is 0 Å². The van der Waals surface area contributed by atoms with E-state index < -0.39 is 0 Å². The number of thiazole rings is 1. The summed E-state index contributed by atoms with van der Waals surface area (Å²) >= 11 is 7.33. The molecule has 0 bridgehead atoms. The molecule has 0 aliphatic carbocycles. The molecule has 0 fully saturated rings. The van der Waals surface area contributed by atoms with Gasteiger partial charge in [0.1, 0.15) is 9.34 Å². The van der Waals surface area contributed by atoms with Crippen LogP contribution in [0.3, 0.4) is 0 Å². The lowest BCUT2D eigenvalue weighted by Crippen LogP contribution is -1.99. The van der Waals surface area contributed by atoms with E-state index in [2.05, 4.69) is 42.3 Å². The van der Waals surface area contributed by atoms with E-state index in [9.17, 15) is 0 Å². The number of aromatic nitrogens is 1. The maximum Gasteiger partial charge on any atom is 0.113 e. The Balaban J connectivity index is 2.04. The summed E-state index contributed by atoms with van der Waals surface area (Å²) in [5.74, 6) is 0. The van der Waals surface area contributed by atoms with Gasteiger partial charge in [-0.15, -0.1) is 11.3 Å². The minimum atomic E-state index is 0.722.